The number of nitrogens with zero attached hydrogens (tertiary/aromatic N) is 2. The molecule has 0 radical (unpaired) electrons. The van der Waals surface area contributed by atoms with Gasteiger partial charge in [-0.1, -0.05) is 13.0 Å². The first-order valence-corrected chi connectivity index (χ1v) is 11.0. The maximum Gasteiger partial charge on any atom is 0.243 e. The molecule has 1 aromatic heterocycles. The predicted molar refractivity (Wildman–Crippen MR) is 104 cm³/mol. The van der Waals surface area contributed by atoms with Crippen molar-refractivity contribution in [2.75, 3.05) is 38.0 Å². The van der Waals surface area contributed by atoms with E-state index in [4.69, 9.17) is 0 Å². The Morgan fingerprint density at radius 1 is 1.12 bits per heavy atom. The van der Waals surface area contributed by atoms with Crippen LogP contribution < -0.4 is 5.32 Å². The van der Waals surface area contributed by atoms with Crippen molar-refractivity contribution in [3.05, 3.63) is 46.7 Å². The van der Waals surface area contributed by atoms with Gasteiger partial charge >= 0.3 is 0 Å². The van der Waals surface area contributed by atoms with E-state index >= 15 is 0 Å². The van der Waals surface area contributed by atoms with Crippen LogP contribution in [-0.4, -0.2) is 56.3 Å². The molecule has 6 nitrogen and oxygen atoms in total. The highest BCUT2D eigenvalue weighted by atomic mass is 32.2. The van der Waals surface area contributed by atoms with Crippen LogP contribution in [0.4, 0.5) is 5.69 Å². The second-order valence-corrected chi connectivity index (χ2v) is 9.14. The van der Waals surface area contributed by atoms with E-state index in [9.17, 15) is 13.2 Å². The minimum absolute atomic E-state index is 0.112. The van der Waals surface area contributed by atoms with Crippen molar-refractivity contribution in [1.82, 2.24) is 9.21 Å². The average Bonchev–Trinajstić information content (AvgIpc) is 3.15. The lowest BCUT2D eigenvalue weighted by molar-refractivity contribution is -0.115. The van der Waals surface area contributed by atoms with Gasteiger partial charge in [0.2, 0.25) is 15.9 Å². The molecule has 1 N–H and O–H groups in total. The zero-order valence-electron chi connectivity index (χ0n) is 14.7. The van der Waals surface area contributed by atoms with Gasteiger partial charge in [-0.3, -0.25) is 4.79 Å². The first kappa shape index (κ1) is 19.0. The lowest BCUT2D eigenvalue weighted by Gasteiger charge is -2.33. The second-order valence-electron chi connectivity index (χ2n) is 6.17. The zero-order chi connectivity index (χ0) is 18.6. The molecular weight excluding hydrogens is 370 g/mol. The molecular formula is C18H23N3O3S2. The standard InChI is InChI=1S/C18H23N3O3S2/c1-2-20-9-11-21(12-10-20)26(23,24)17-7-5-15(6-8-17)19-18(22)14-16-4-3-13-25-16/h3-8,13H,2,9-12,14H2,1H3,(H,19,22). The van der Waals surface area contributed by atoms with Gasteiger partial charge in [0, 0.05) is 36.7 Å². The van der Waals surface area contributed by atoms with Gasteiger partial charge < -0.3 is 10.2 Å². The largest absolute Gasteiger partial charge is 0.326 e. The molecule has 8 heteroatoms. The average molecular weight is 394 g/mol. The summed E-state index contributed by atoms with van der Waals surface area (Å²) in [6.07, 6.45) is 0.319. The van der Waals surface area contributed by atoms with E-state index in [2.05, 4.69) is 17.1 Å². The van der Waals surface area contributed by atoms with Crippen LogP contribution in [0.2, 0.25) is 0 Å². The number of sulfonamides is 1. The summed E-state index contributed by atoms with van der Waals surface area (Å²) in [5.41, 5.74) is 0.598. The van der Waals surface area contributed by atoms with Crippen LogP contribution in [0.1, 0.15) is 11.8 Å². The molecule has 1 saturated heterocycles. The molecule has 1 aromatic carbocycles. The van der Waals surface area contributed by atoms with Gasteiger partial charge in [0.1, 0.15) is 0 Å². The van der Waals surface area contributed by atoms with Gasteiger partial charge in [0.15, 0.2) is 0 Å². The van der Waals surface area contributed by atoms with E-state index in [0.29, 0.717) is 25.2 Å². The lowest BCUT2D eigenvalue weighted by atomic mass is 10.3. The Morgan fingerprint density at radius 3 is 2.38 bits per heavy atom. The third-order valence-electron chi connectivity index (χ3n) is 4.47. The van der Waals surface area contributed by atoms with Crippen molar-refractivity contribution >= 4 is 33.0 Å². The number of rotatable bonds is 6. The number of piperazine rings is 1. The Hall–Kier alpha value is -1.74. The van der Waals surface area contributed by atoms with E-state index < -0.39 is 10.0 Å². The van der Waals surface area contributed by atoms with Crippen LogP contribution in [0, 0.1) is 0 Å². The van der Waals surface area contributed by atoms with Crippen LogP contribution in [0.5, 0.6) is 0 Å². The molecule has 0 bridgehead atoms. The molecule has 0 unspecified atom stereocenters. The number of carbonyl (C=O) groups excluding carboxylic acids is 1. The molecule has 1 aliphatic rings. The normalized spacial score (nSPS) is 16.5. The lowest BCUT2D eigenvalue weighted by Crippen LogP contribution is -2.48. The summed E-state index contributed by atoms with van der Waals surface area (Å²) in [4.78, 5) is 15.5. The summed E-state index contributed by atoms with van der Waals surface area (Å²) in [5.74, 6) is -0.112. The first-order valence-electron chi connectivity index (χ1n) is 8.64. The minimum atomic E-state index is -3.48. The van der Waals surface area contributed by atoms with Crippen molar-refractivity contribution in [3.63, 3.8) is 0 Å². The van der Waals surface area contributed by atoms with Crippen LogP contribution in [0.25, 0.3) is 0 Å². The van der Waals surface area contributed by atoms with Crippen LogP contribution in [-0.2, 0) is 21.2 Å². The smallest absolute Gasteiger partial charge is 0.243 e. The number of benzene rings is 1. The summed E-state index contributed by atoms with van der Waals surface area (Å²) in [6, 6.07) is 10.2. The monoisotopic (exact) mass is 393 g/mol. The summed E-state index contributed by atoms with van der Waals surface area (Å²) in [5, 5.41) is 4.74. The SMILES string of the molecule is CCN1CCN(S(=O)(=O)c2ccc(NC(=O)Cc3cccs3)cc2)CC1. The Labute approximate surface area is 158 Å². The Balaban J connectivity index is 1.62. The van der Waals surface area contributed by atoms with Crippen molar-refractivity contribution in [2.45, 2.75) is 18.2 Å². The number of carbonyl (C=O) groups is 1. The van der Waals surface area contributed by atoms with Gasteiger partial charge in [0.25, 0.3) is 0 Å². The molecule has 26 heavy (non-hydrogen) atoms. The highest BCUT2D eigenvalue weighted by Crippen LogP contribution is 2.20. The van der Waals surface area contributed by atoms with E-state index in [1.165, 1.54) is 15.6 Å². The number of anilines is 1. The fourth-order valence-corrected chi connectivity index (χ4v) is 5.05. The summed E-state index contributed by atoms with van der Waals surface area (Å²) < 4.78 is 27.0. The summed E-state index contributed by atoms with van der Waals surface area (Å²) >= 11 is 1.54. The van der Waals surface area contributed by atoms with Gasteiger partial charge in [-0.15, -0.1) is 11.3 Å². The minimum Gasteiger partial charge on any atom is -0.326 e. The quantitative estimate of drug-likeness (QED) is 0.817. The molecule has 3 rings (SSSR count). The molecule has 0 spiro atoms. The first-order chi connectivity index (χ1) is 12.5. The molecule has 1 amide bonds. The number of likely N-dealkylation sites (N-methyl/N-ethyl adjacent to an activating group) is 1. The van der Waals surface area contributed by atoms with Gasteiger partial charge in [-0.05, 0) is 42.3 Å². The van der Waals surface area contributed by atoms with Crippen molar-refractivity contribution < 1.29 is 13.2 Å². The Kier molecular flexibility index (Phi) is 6.08. The molecule has 2 heterocycles. The second kappa shape index (κ2) is 8.30. The maximum atomic E-state index is 12.7. The molecule has 1 aliphatic heterocycles. The highest BCUT2D eigenvalue weighted by molar-refractivity contribution is 7.89. The fourth-order valence-electron chi connectivity index (χ4n) is 2.92. The number of hydrogen-bond acceptors (Lipinski definition) is 5. The summed E-state index contributed by atoms with van der Waals surface area (Å²) in [7, 11) is -3.48. The van der Waals surface area contributed by atoms with E-state index in [0.717, 1.165) is 24.5 Å². The number of amides is 1. The van der Waals surface area contributed by atoms with Crippen LogP contribution >= 0.6 is 11.3 Å². The van der Waals surface area contributed by atoms with E-state index in [1.807, 2.05) is 17.5 Å². The molecule has 2 aromatic rings. The predicted octanol–water partition coefficient (Wildman–Crippen LogP) is 2.26. The molecule has 140 valence electrons. The number of nitrogens with one attached hydrogen (secondary N) is 1. The maximum absolute atomic E-state index is 12.7. The van der Waals surface area contributed by atoms with Gasteiger partial charge in [0.05, 0.1) is 11.3 Å². The van der Waals surface area contributed by atoms with Crippen molar-refractivity contribution in [2.24, 2.45) is 0 Å². The zero-order valence-corrected chi connectivity index (χ0v) is 16.4. The third-order valence-corrected chi connectivity index (χ3v) is 7.26. The topological polar surface area (TPSA) is 69.7 Å². The molecule has 0 aliphatic carbocycles. The molecule has 0 atom stereocenters. The summed E-state index contributed by atoms with van der Waals surface area (Å²) in [6.45, 7) is 5.55. The number of hydrogen-bond donors (Lipinski definition) is 1. The van der Waals surface area contributed by atoms with Crippen molar-refractivity contribution in [3.8, 4) is 0 Å². The van der Waals surface area contributed by atoms with Crippen molar-refractivity contribution in [1.29, 1.82) is 0 Å². The van der Waals surface area contributed by atoms with E-state index in [-0.39, 0.29) is 10.8 Å². The van der Waals surface area contributed by atoms with Gasteiger partial charge in [-0.2, -0.15) is 4.31 Å². The fraction of sp³-hybridized carbons (Fsp3) is 0.389. The van der Waals surface area contributed by atoms with Crippen LogP contribution in [0.15, 0.2) is 46.7 Å². The molecule has 1 fully saturated rings. The highest BCUT2D eigenvalue weighted by Gasteiger charge is 2.27. The Bertz CT molecular complexity index is 825. The number of thiophene rings is 1. The van der Waals surface area contributed by atoms with Crippen LogP contribution in [0.3, 0.4) is 0 Å². The van der Waals surface area contributed by atoms with Gasteiger partial charge in [-0.25, -0.2) is 8.42 Å². The Morgan fingerprint density at radius 2 is 1.81 bits per heavy atom. The van der Waals surface area contributed by atoms with E-state index in [1.54, 1.807) is 24.3 Å². The third kappa shape index (κ3) is 4.50. The molecule has 0 saturated carbocycles.